The summed E-state index contributed by atoms with van der Waals surface area (Å²) in [6.07, 6.45) is 11.0. The Balaban J connectivity index is 2.66. The molecule has 1 rings (SSSR count). The van der Waals surface area contributed by atoms with E-state index in [1.54, 1.807) is 0 Å². The molecule has 0 aromatic carbocycles. The summed E-state index contributed by atoms with van der Waals surface area (Å²) < 4.78 is 0. The molecule has 1 saturated carbocycles. The van der Waals surface area contributed by atoms with Crippen LogP contribution < -0.4 is 5.32 Å². The van der Waals surface area contributed by atoms with E-state index in [4.69, 9.17) is 0 Å². The van der Waals surface area contributed by atoms with Crippen LogP contribution in [0.1, 0.15) is 79.1 Å². The number of nitrogens with one attached hydrogen (secondary N) is 1. The van der Waals surface area contributed by atoms with Crippen LogP contribution in [0, 0.1) is 5.92 Å². The molecule has 1 aliphatic carbocycles. The van der Waals surface area contributed by atoms with Gasteiger partial charge in [0.15, 0.2) is 0 Å². The average molecular weight is 283 g/mol. The first-order valence-electron chi connectivity index (χ1n) is 9.24. The van der Waals surface area contributed by atoms with E-state index in [0.29, 0.717) is 0 Å². The number of hydrogen-bond acceptors (Lipinski definition) is 2. The SMILES string of the molecule is CCCNC1CCCCCC1N(CC)CC(CC)CC. The quantitative estimate of drug-likeness (QED) is 0.629. The number of rotatable bonds is 9. The van der Waals surface area contributed by atoms with Crippen molar-refractivity contribution in [2.24, 2.45) is 5.92 Å². The highest BCUT2D eigenvalue weighted by atomic mass is 15.2. The van der Waals surface area contributed by atoms with Crippen LogP contribution in [0.4, 0.5) is 0 Å². The molecule has 2 heteroatoms. The Morgan fingerprint density at radius 1 is 1.00 bits per heavy atom. The highest BCUT2D eigenvalue weighted by molar-refractivity contribution is 4.87. The highest BCUT2D eigenvalue weighted by Crippen LogP contribution is 2.24. The third-order valence-electron chi connectivity index (χ3n) is 5.16. The van der Waals surface area contributed by atoms with E-state index in [1.165, 1.54) is 71.0 Å². The van der Waals surface area contributed by atoms with Crippen molar-refractivity contribution in [3.63, 3.8) is 0 Å². The van der Waals surface area contributed by atoms with Crippen LogP contribution >= 0.6 is 0 Å². The summed E-state index contributed by atoms with van der Waals surface area (Å²) in [5.41, 5.74) is 0. The molecular formula is C18H38N2. The predicted molar refractivity (Wildman–Crippen MR) is 90.3 cm³/mol. The minimum atomic E-state index is 0.728. The van der Waals surface area contributed by atoms with Crippen LogP contribution in [0.25, 0.3) is 0 Å². The van der Waals surface area contributed by atoms with E-state index >= 15 is 0 Å². The molecule has 2 unspecified atom stereocenters. The second kappa shape index (κ2) is 10.6. The normalized spacial score (nSPS) is 24.3. The molecule has 2 atom stereocenters. The van der Waals surface area contributed by atoms with Gasteiger partial charge >= 0.3 is 0 Å². The van der Waals surface area contributed by atoms with E-state index in [-0.39, 0.29) is 0 Å². The lowest BCUT2D eigenvalue weighted by atomic mass is 9.97. The van der Waals surface area contributed by atoms with Gasteiger partial charge in [0.2, 0.25) is 0 Å². The monoisotopic (exact) mass is 282 g/mol. The molecule has 1 fully saturated rings. The maximum Gasteiger partial charge on any atom is 0.0249 e. The lowest BCUT2D eigenvalue weighted by Crippen LogP contribution is -2.51. The minimum absolute atomic E-state index is 0.728. The summed E-state index contributed by atoms with van der Waals surface area (Å²) in [6, 6.07) is 1.50. The van der Waals surface area contributed by atoms with Crippen LogP contribution in [0.2, 0.25) is 0 Å². The lowest BCUT2D eigenvalue weighted by molar-refractivity contribution is 0.130. The second-order valence-electron chi connectivity index (χ2n) is 6.54. The first-order chi connectivity index (χ1) is 9.76. The van der Waals surface area contributed by atoms with Gasteiger partial charge in [0.25, 0.3) is 0 Å². The summed E-state index contributed by atoms with van der Waals surface area (Å²) in [5.74, 6) is 0.880. The van der Waals surface area contributed by atoms with Crippen molar-refractivity contribution in [1.29, 1.82) is 0 Å². The van der Waals surface area contributed by atoms with Gasteiger partial charge in [-0.3, -0.25) is 4.90 Å². The Bertz CT molecular complexity index is 225. The Morgan fingerprint density at radius 2 is 1.70 bits per heavy atom. The second-order valence-corrected chi connectivity index (χ2v) is 6.54. The van der Waals surface area contributed by atoms with Crippen molar-refractivity contribution in [3.8, 4) is 0 Å². The lowest BCUT2D eigenvalue weighted by Gasteiger charge is -2.38. The Labute approximate surface area is 127 Å². The van der Waals surface area contributed by atoms with E-state index < -0.39 is 0 Å². The molecule has 2 nitrogen and oxygen atoms in total. The fraction of sp³-hybridized carbons (Fsp3) is 1.00. The molecule has 1 N–H and O–H groups in total. The molecule has 0 amide bonds. The van der Waals surface area contributed by atoms with Crippen molar-refractivity contribution < 1.29 is 0 Å². The molecular weight excluding hydrogens is 244 g/mol. The molecule has 1 aliphatic rings. The molecule has 0 aromatic rings. The zero-order chi connectivity index (χ0) is 14.8. The Kier molecular flexibility index (Phi) is 9.54. The fourth-order valence-electron chi connectivity index (χ4n) is 3.67. The minimum Gasteiger partial charge on any atom is -0.312 e. The molecule has 0 saturated heterocycles. The van der Waals surface area contributed by atoms with E-state index in [0.717, 1.165) is 18.0 Å². The van der Waals surface area contributed by atoms with Gasteiger partial charge in [-0.1, -0.05) is 59.8 Å². The largest absolute Gasteiger partial charge is 0.312 e. The highest BCUT2D eigenvalue weighted by Gasteiger charge is 2.28. The first-order valence-corrected chi connectivity index (χ1v) is 9.24. The topological polar surface area (TPSA) is 15.3 Å². The van der Waals surface area contributed by atoms with Crippen LogP contribution in [0.15, 0.2) is 0 Å². The van der Waals surface area contributed by atoms with Crippen LogP contribution in [-0.2, 0) is 0 Å². The van der Waals surface area contributed by atoms with Gasteiger partial charge in [-0.15, -0.1) is 0 Å². The molecule has 120 valence electrons. The Hall–Kier alpha value is -0.0800. The van der Waals surface area contributed by atoms with Crippen molar-refractivity contribution in [3.05, 3.63) is 0 Å². The summed E-state index contributed by atoms with van der Waals surface area (Å²) in [5, 5.41) is 3.84. The smallest absolute Gasteiger partial charge is 0.0249 e. The van der Waals surface area contributed by atoms with Gasteiger partial charge in [-0.2, -0.15) is 0 Å². The van der Waals surface area contributed by atoms with Crippen molar-refractivity contribution in [1.82, 2.24) is 10.2 Å². The van der Waals surface area contributed by atoms with Gasteiger partial charge in [0.1, 0.15) is 0 Å². The zero-order valence-corrected chi connectivity index (χ0v) is 14.5. The third kappa shape index (κ3) is 5.73. The molecule has 0 heterocycles. The van der Waals surface area contributed by atoms with Gasteiger partial charge < -0.3 is 5.32 Å². The molecule has 0 aliphatic heterocycles. The van der Waals surface area contributed by atoms with Crippen LogP contribution in [0.3, 0.4) is 0 Å². The predicted octanol–water partition coefficient (Wildman–Crippen LogP) is 4.45. The van der Waals surface area contributed by atoms with Crippen LogP contribution in [-0.4, -0.2) is 36.6 Å². The number of hydrogen-bond donors (Lipinski definition) is 1. The molecule has 20 heavy (non-hydrogen) atoms. The average Bonchev–Trinajstić information content (AvgIpc) is 2.72. The maximum absolute atomic E-state index is 3.84. The molecule has 0 spiro atoms. The van der Waals surface area contributed by atoms with Gasteiger partial charge in [-0.05, 0) is 38.3 Å². The summed E-state index contributed by atoms with van der Waals surface area (Å²) in [4.78, 5) is 2.79. The van der Waals surface area contributed by atoms with Crippen molar-refractivity contribution in [2.45, 2.75) is 91.1 Å². The van der Waals surface area contributed by atoms with Gasteiger partial charge in [0, 0.05) is 18.6 Å². The van der Waals surface area contributed by atoms with Gasteiger partial charge in [0.05, 0.1) is 0 Å². The zero-order valence-electron chi connectivity index (χ0n) is 14.5. The molecule has 0 radical (unpaired) electrons. The van der Waals surface area contributed by atoms with E-state index in [1.807, 2.05) is 0 Å². The van der Waals surface area contributed by atoms with E-state index in [2.05, 4.69) is 37.9 Å². The molecule has 0 bridgehead atoms. The number of likely N-dealkylation sites (N-methyl/N-ethyl adjacent to an activating group) is 1. The Morgan fingerprint density at radius 3 is 2.30 bits per heavy atom. The first kappa shape index (κ1) is 18.0. The van der Waals surface area contributed by atoms with Gasteiger partial charge in [-0.25, -0.2) is 0 Å². The summed E-state index contributed by atoms with van der Waals surface area (Å²) >= 11 is 0. The number of nitrogens with zero attached hydrogens (tertiary/aromatic N) is 1. The van der Waals surface area contributed by atoms with E-state index in [9.17, 15) is 0 Å². The summed E-state index contributed by atoms with van der Waals surface area (Å²) in [6.45, 7) is 13.0. The third-order valence-corrected chi connectivity index (χ3v) is 5.16. The fourth-order valence-corrected chi connectivity index (χ4v) is 3.67. The molecule has 0 aromatic heterocycles. The van der Waals surface area contributed by atoms with Crippen molar-refractivity contribution >= 4 is 0 Å². The van der Waals surface area contributed by atoms with Crippen molar-refractivity contribution in [2.75, 3.05) is 19.6 Å². The summed E-state index contributed by atoms with van der Waals surface area (Å²) in [7, 11) is 0. The maximum atomic E-state index is 3.84. The standard InChI is InChI=1S/C18H38N2/c1-5-14-19-17-12-10-9-11-13-18(17)20(8-4)15-16(6-2)7-3/h16-19H,5-15H2,1-4H3. The van der Waals surface area contributed by atoms with Crippen LogP contribution in [0.5, 0.6) is 0 Å².